The molecule has 9 heteroatoms. The van der Waals surface area contributed by atoms with Crippen LogP contribution < -0.4 is 11.1 Å². The molecular weight excluding hydrogens is 397 g/mol. The summed E-state index contributed by atoms with van der Waals surface area (Å²) in [6.07, 6.45) is -3.04. The van der Waals surface area contributed by atoms with Crippen LogP contribution in [-0.2, 0) is 17.4 Å². The van der Waals surface area contributed by atoms with Gasteiger partial charge in [-0.05, 0) is 30.7 Å². The van der Waals surface area contributed by atoms with Crippen molar-refractivity contribution in [2.24, 2.45) is 5.73 Å². The Morgan fingerprint density at radius 2 is 1.83 bits per heavy atom. The highest BCUT2D eigenvalue weighted by molar-refractivity contribution is 5.98. The zero-order chi connectivity index (χ0) is 21.9. The van der Waals surface area contributed by atoms with Crippen molar-refractivity contribution in [1.82, 2.24) is 15.1 Å². The third kappa shape index (κ3) is 4.68. The van der Waals surface area contributed by atoms with E-state index < -0.39 is 29.6 Å². The van der Waals surface area contributed by atoms with Gasteiger partial charge in [0.2, 0.25) is 5.91 Å². The maximum atomic E-state index is 13.0. The van der Waals surface area contributed by atoms with Crippen LogP contribution in [0.15, 0.2) is 60.8 Å². The smallest absolute Gasteiger partial charge is 0.368 e. The van der Waals surface area contributed by atoms with Crippen LogP contribution in [-0.4, -0.2) is 27.6 Å². The second kappa shape index (κ2) is 8.40. The zero-order valence-electron chi connectivity index (χ0n) is 16.0. The molecule has 2 aromatic carbocycles. The van der Waals surface area contributed by atoms with E-state index in [0.29, 0.717) is 5.69 Å². The predicted octanol–water partition coefficient (Wildman–Crippen LogP) is 3.03. The van der Waals surface area contributed by atoms with E-state index in [1.165, 1.54) is 23.0 Å². The molecule has 1 aromatic heterocycles. The summed E-state index contributed by atoms with van der Waals surface area (Å²) in [5.41, 5.74) is 6.04. The van der Waals surface area contributed by atoms with Gasteiger partial charge in [0.25, 0.3) is 5.91 Å². The maximum absolute atomic E-state index is 13.0. The van der Waals surface area contributed by atoms with Gasteiger partial charge < -0.3 is 11.1 Å². The van der Waals surface area contributed by atoms with E-state index in [-0.39, 0.29) is 17.7 Å². The van der Waals surface area contributed by atoms with Crippen LogP contribution in [0.3, 0.4) is 0 Å². The summed E-state index contributed by atoms with van der Waals surface area (Å²) < 4.78 is 40.2. The normalized spacial score (nSPS) is 12.4. The minimum Gasteiger partial charge on any atom is -0.368 e. The fraction of sp³-hybridized carbons (Fsp3) is 0.190. The van der Waals surface area contributed by atoms with E-state index >= 15 is 0 Å². The van der Waals surface area contributed by atoms with Crippen LogP contribution in [0.4, 0.5) is 13.2 Å². The van der Waals surface area contributed by atoms with Crippen LogP contribution in [0.25, 0.3) is 5.69 Å². The van der Waals surface area contributed by atoms with Gasteiger partial charge in [0.1, 0.15) is 6.04 Å². The number of rotatable bonds is 6. The SMILES string of the molecule is Cc1c(C(=O)N[C@H](Cc2ccccc2)C(N)=O)cnn1-c1cccc(C(F)(F)F)c1. The number of carbonyl (C=O) groups excluding carboxylic acids is 2. The van der Waals surface area contributed by atoms with Crippen molar-refractivity contribution >= 4 is 11.8 Å². The van der Waals surface area contributed by atoms with Gasteiger partial charge in [-0.25, -0.2) is 4.68 Å². The summed E-state index contributed by atoms with van der Waals surface area (Å²) in [5, 5.41) is 6.61. The van der Waals surface area contributed by atoms with Crippen molar-refractivity contribution in [3.63, 3.8) is 0 Å². The van der Waals surface area contributed by atoms with Crippen molar-refractivity contribution in [2.45, 2.75) is 25.6 Å². The van der Waals surface area contributed by atoms with Crippen LogP contribution >= 0.6 is 0 Å². The van der Waals surface area contributed by atoms with E-state index in [0.717, 1.165) is 17.7 Å². The molecule has 0 saturated carbocycles. The predicted molar refractivity (Wildman–Crippen MR) is 104 cm³/mol. The van der Waals surface area contributed by atoms with Crippen molar-refractivity contribution in [1.29, 1.82) is 0 Å². The molecule has 6 nitrogen and oxygen atoms in total. The topological polar surface area (TPSA) is 90.0 Å². The first-order valence-electron chi connectivity index (χ1n) is 9.03. The number of nitrogens with zero attached hydrogens (tertiary/aromatic N) is 2. The van der Waals surface area contributed by atoms with E-state index in [1.807, 2.05) is 6.07 Å². The molecule has 30 heavy (non-hydrogen) atoms. The molecule has 0 saturated heterocycles. The van der Waals surface area contributed by atoms with Crippen LogP contribution in [0.2, 0.25) is 0 Å². The van der Waals surface area contributed by atoms with Crippen molar-refractivity contribution in [3.8, 4) is 5.69 Å². The number of aromatic nitrogens is 2. The Balaban J connectivity index is 1.82. The highest BCUT2D eigenvalue weighted by Crippen LogP contribution is 2.30. The summed E-state index contributed by atoms with van der Waals surface area (Å²) in [6.45, 7) is 1.55. The molecule has 3 rings (SSSR count). The summed E-state index contributed by atoms with van der Waals surface area (Å²) in [6, 6.07) is 12.7. The van der Waals surface area contributed by atoms with Gasteiger partial charge in [-0.15, -0.1) is 0 Å². The zero-order valence-corrected chi connectivity index (χ0v) is 16.0. The lowest BCUT2D eigenvalue weighted by Gasteiger charge is -2.15. The Labute approximate surface area is 170 Å². The summed E-state index contributed by atoms with van der Waals surface area (Å²) in [5.74, 6) is -1.29. The van der Waals surface area contributed by atoms with Crippen LogP contribution in [0, 0.1) is 6.92 Å². The monoisotopic (exact) mass is 416 g/mol. The Bertz CT molecular complexity index is 1060. The number of amides is 2. The number of primary amides is 1. The van der Waals surface area contributed by atoms with Crippen LogP contribution in [0.1, 0.15) is 27.2 Å². The average molecular weight is 416 g/mol. The van der Waals surface area contributed by atoms with E-state index in [1.54, 1.807) is 31.2 Å². The Morgan fingerprint density at radius 1 is 1.13 bits per heavy atom. The third-order valence-corrected chi connectivity index (χ3v) is 4.60. The molecule has 0 radical (unpaired) electrons. The number of halogens is 3. The number of benzene rings is 2. The van der Waals surface area contributed by atoms with Gasteiger partial charge in [0.15, 0.2) is 0 Å². The van der Waals surface area contributed by atoms with Gasteiger partial charge in [0.05, 0.1) is 28.7 Å². The Kier molecular flexibility index (Phi) is 5.91. The lowest BCUT2D eigenvalue weighted by Crippen LogP contribution is -2.46. The molecule has 3 aromatic rings. The largest absolute Gasteiger partial charge is 0.416 e. The molecule has 1 heterocycles. The highest BCUT2D eigenvalue weighted by atomic mass is 19.4. The van der Waals surface area contributed by atoms with Crippen molar-refractivity contribution < 1.29 is 22.8 Å². The number of hydrogen-bond acceptors (Lipinski definition) is 3. The molecule has 0 aliphatic heterocycles. The molecular formula is C21H19F3N4O2. The molecule has 3 N–H and O–H groups in total. The summed E-state index contributed by atoms with van der Waals surface area (Å²) >= 11 is 0. The van der Waals surface area contributed by atoms with E-state index in [4.69, 9.17) is 5.73 Å². The minimum atomic E-state index is -4.50. The molecule has 2 amide bonds. The molecule has 0 aliphatic carbocycles. The molecule has 0 bridgehead atoms. The highest BCUT2D eigenvalue weighted by Gasteiger charge is 2.31. The Hall–Kier alpha value is -3.62. The van der Waals surface area contributed by atoms with E-state index in [2.05, 4.69) is 10.4 Å². The fourth-order valence-electron chi connectivity index (χ4n) is 3.02. The molecule has 0 aliphatic rings. The van der Waals surface area contributed by atoms with Gasteiger partial charge in [-0.2, -0.15) is 18.3 Å². The maximum Gasteiger partial charge on any atom is 0.416 e. The van der Waals surface area contributed by atoms with Gasteiger partial charge in [-0.3, -0.25) is 9.59 Å². The molecule has 0 fully saturated rings. The Morgan fingerprint density at radius 3 is 2.47 bits per heavy atom. The number of nitrogens with one attached hydrogen (secondary N) is 1. The first kappa shape index (κ1) is 21.1. The van der Waals surface area contributed by atoms with Crippen LogP contribution in [0.5, 0.6) is 0 Å². The number of carbonyl (C=O) groups is 2. The number of hydrogen-bond donors (Lipinski definition) is 2. The second-order valence-corrected chi connectivity index (χ2v) is 6.72. The first-order chi connectivity index (χ1) is 14.2. The lowest BCUT2D eigenvalue weighted by atomic mass is 10.0. The number of alkyl halides is 3. The van der Waals surface area contributed by atoms with Gasteiger partial charge >= 0.3 is 6.18 Å². The summed E-state index contributed by atoms with van der Waals surface area (Å²) in [7, 11) is 0. The number of nitrogens with two attached hydrogens (primary N) is 1. The quantitative estimate of drug-likeness (QED) is 0.647. The lowest BCUT2D eigenvalue weighted by molar-refractivity contribution is -0.137. The average Bonchev–Trinajstić information content (AvgIpc) is 3.09. The van der Waals surface area contributed by atoms with E-state index in [9.17, 15) is 22.8 Å². The fourth-order valence-corrected chi connectivity index (χ4v) is 3.02. The van der Waals surface area contributed by atoms with Crippen molar-refractivity contribution in [2.75, 3.05) is 0 Å². The first-order valence-corrected chi connectivity index (χ1v) is 9.03. The molecule has 1 atom stereocenters. The van der Waals surface area contributed by atoms with Gasteiger partial charge in [0, 0.05) is 6.42 Å². The molecule has 156 valence electrons. The van der Waals surface area contributed by atoms with Crippen molar-refractivity contribution in [3.05, 3.63) is 83.2 Å². The van der Waals surface area contributed by atoms with Gasteiger partial charge in [-0.1, -0.05) is 36.4 Å². The molecule has 0 spiro atoms. The third-order valence-electron chi connectivity index (χ3n) is 4.60. The second-order valence-electron chi connectivity index (χ2n) is 6.72. The minimum absolute atomic E-state index is 0.131. The standard InChI is InChI=1S/C21H19F3N4O2/c1-13-17(12-26-28(13)16-9-5-8-15(11-16)21(22,23)24)20(30)27-18(19(25)29)10-14-6-3-2-4-7-14/h2-9,11-12,18H,10H2,1H3,(H2,25,29)(H,27,30)/t18-/m1/s1. The molecule has 0 unspecified atom stereocenters. The summed E-state index contributed by atoms with van der Waals surface area (Å²) in [4.78, 5) is 24.5.